The Morgan fingerprint density at radius 1 is 1.33 bits per heavy atom. The van der Waals surface area contributed by atoms with E-state index in [1.807, 2.05) is 0 Å². The molecule has 0 unspecified atom stereocenters. The van der Waals surface area contributed by atoms with Crippen LogP contribution < -0.4 is 10.4 Å². The summed E-state index contributed by atoms with van der Waals surface area (Å²) in [6, 6.07) is 6.78. The fourth-order valence-electron chi connectivity index (χ4n) is 1.77. The standard InChI is InChI=1S/C12H12N2O4/c1-7-10(11(15)16)13-12(17)14(7)8-3-5-9(18-2)6-4-8/h3-6H,1-2H3,(H,13,17)(H,15,16). The van der Waals surface area contributed by atoms with Crippen molar-refractivity contribution in [1.29, 1.82) is 0 Å². The van der Waals surface area contributed by atoms with E-state index in [4.69, 9.17) is 9.84 Å². The Balaban J connectivity index is 2.56. The topological polar surface area (TPSA) is 84.3 Å². The number of benzene rings is 1. The minimum Gasteiger partial charge on any atom is -0.497 e. The van der Waals surface area contributed by atoms with Crippen molar-refractivity contribution in [3.63, 3.8) is 0 Å². The van der Waals surface area contributed by atoms with Crippen LogP contribution in [0.3, 0.4) is 0 Å². The number of hydrogen-bond donors (Lipinski definition) is 2. The Labute approximate surface area is 102 Å². The molecule has 6 nitrogen and oxygen atoms in total. The van der Waals surface area contributed by atoms with E-state index in [0.29, 0.717) is 17.1 Å². The minimum absolute atomic E-state index is 0.101. The highest BCUT2D eigenvalue weighted by Crippen LogP contribution is 2.16. The first kappa shape index (κ1) is 12.0. The zero-order valence-corrected chi connectivity index (χ0v) is 9.93. The molecule has 0 aliphatic carbocycles. The SMILES string of the molecule is COc1ccc(-n2c(C)c(C(=O)O)[nH]c2=O)cc1. The maximum Gasteiger partial charge on any atom is 0.354 e. The maximum absolute atomic E-state index is 11.7. The van der Waals surface area contributed by atoms with Gasteiger partial charge >= 0.3 is 11.7 Å². The van der Waals surface area contributed by atoms with Crippen LogP contribution in [0, 0.1) is 6.92 Å². The number of aromatic amines is 1. The number of carboxylic acids is 1. The Morgan fingerprint density at radius 3 is 2.39 bits per heavy atom. The zero-order chi connectivity index (χ0) is 13.3. The molecule has 6 heteroatoms. The molecule has 0 atom stereocenters. The van der Waals surface area contributed by atoms with Crippen molar-refractivity contribution < 1.29 is 14.6 Å². The van der Waals surface area contributed by atoms with Gasteiger partial charge in [0.2, 0.25) is 0 Å². The lowest BCUT2D eigenvalue weighted by molar-refractivity contribution is 0.0690. The molecule has 1 heterocycles. The van der Waals surface area contributed by atoms with Gasteiger partial charge in [-0.05, 0) is 31.2 Å². The quantitative estimate of drug-likeness (QED) is 0.854. The van der Waals surface area contributed by atoms with E-state index in [9.17, 15) is 9.59 Å². The van der Waals surface area contributed by atoms with Crippen LogP contribution >= 0.6 is 0 Å². The number of carbonyl (C=O) groups is 1. The van der Waals surface area contributed by atoms with Crippen LogP contribution in [0.2, 0.25) is 0 Å². The minimum atomic E-state index is -1.16. The van der Waals surface area contributed by atoms with Gasteiger partial charge in [0.15, 0.2) is 0 Å². The number of hydrogen-bond acceptors (Lipinski definition) is 3. The second-order valence-corrected chi connectivity index (χ2v) is 3.73. The van der Waals surface area contributed by atoms with Crippen molar-refractivity contribution in [2.24, 2.45) is 0 Å². The van der Waals surface area contributed by atoms with Gasteiger partial charge in [-0.25, -0.2) is 9.59 Å². The Morgan fingerprint density at radius 2 is 1.94 bits per heavy atom. The van der Waals surface area contributed by atoms with Gasteiger partial charge in [0, 0.05) is 0 Å². The first-order valence-electron chi connectivity index (χ1n) is 5.24. The molecule has 0 saturated carbocycles. The van der Waals surface area contributed by atoms with Crippen LogP contribution in [0.4, 0.5) is 0 Å². The normalized spacial score (nSPS) is 10.3. The molecule has 0 radical (unpaired) electrons. The molecule has 0 amide bonds. The third kappa shape index (κ3) is 1.88. The maximum atomic E-state index is 11.7. The molecule has 2 rings (SSSR count). The van der Waals surface area contributed by atoms with Crippen molar-refractivity contribution in [2.75, 3.05) is 7.11 Å². The molecule has 0 bridgehead atoms. The molecule has 1 aromatic heterocycles. The van der Waals surface area contributed by atoms with E-state index in [1.165, 1.54) is 4.57 Å². The monoisotopic (exact) mass is 248 g/mol. The van der Waals surface area contributed by atoms with Crippen LogP contribution in [-0.2, 0) is 0 Å². The number of imidazole rings is 1. The van der Waals surface area contributed by atoms with E-state index in [1.54, 1.807) is 38.3 Å². The van der Waals surface area contributed by atoms with Gasteiger partial charge in [-0.2, -0.15) is 0 Å². The summed E-state index contributed by atoms with van der Waals surface area (Å²) in [5, 5.41) is 8.93. The number of nitrogens with zero attached hydrogens (tertiary/aromatic N) is 1. The highest BCUT2D eigenvalue weighted by molar-refractivity contribution is 5.86. The van der Waals surface area contributed by atoms with Crippen LogP contribution in [0.25, 0.3) is 5.69 Å². The van der Waals surface area contributed by atoms with E-state index >= 15 is 0 Å². The van der Waals surface area contributed by atoms with Crippen molar-refractivity contribution in [3.8, 4) is 11.4 Å². The molecule has 0 aliphatic heterocycles. The highest BCUT2D eigenvalue weighted by Gasteiger charge is 2.16. The van der Waals surface area contributed by atoms with Crippen LogP contribution in [0.1, 0.15) is 16.2 Å². The Kier molecular flexibility index (Phi) is 2.93. The predicted molar refractivity (Wildman–Crippen MR) is 64.6 cm³/mol. The lowest BCUT2D eigenvalue weighted by atomic mass is 10.2. The average Bonchev–Trinajstić information content (AvgIpc) is 2.65. The second kappa shape index (κ2) is 4.40. The number of ether oxygens (including phenoxy) is 1. The lowest BCUT2D eigenvalue weighted by Crippen LogP contribution is -2.15. The third-order valence-electron chi connectivity index (χ3n) is 2.68. The summed E-state index contributed by atoms with van der Waals surface area (Å²) >= 11 is 0. The van der Waals surface area contributed by atoms with Gasteiger partial charge in [0.1, 0.15) is 11.4 Å². The summed E-state index contributed by atoms with van der Waals surface area (Å²) in [6.07, 6.45) is 0. The highest BCUT2D eigenvalue weighted by atomic mass is 16.5. The predicted octanol–water partition coefficient (Wildman–Crippen LogP) is 1.18. The number of aromatic nitrogens is 2. The van der Waals surface area contributed by atoms with Crippen molar-refractivity contribution in [1.82, 2.24) is 9.55 Å². The summed E-state index contributed by atoms with van der Waals surface area (Å²) in [5.74, 6) is -0.490. The number of nitrogens with one attached hydrogen (secondary N) is 1. The van der Waals surface area contributed by atoms with Gasteiger partial charge in [0.25, 0.3) is 0 Å². The fourth-order valence-corrected chi connectivity index (χ4v) is 1.77. The molecule has 18 heavy (non-hydrogen) atoms. The summed E-state index contributed by atoms with van der Waals surface area (Å²) in [4.78, 5) is 25.0. The molecule has 2 aromatic rings. The first-order chi connectivity index (χ1) is 8.54. The van der Waals surface area contributed by atoms with E-state index < -0.39 is 11.7 Å². The van der Waals surface area contributed by atoms with Crippen molar-refractivity contribution in [3.05, 3.63) is 46.1 Å². The van der Waals surface area contributed by atoms with Crippen molar-refractivity contribution >= 4 is 5.97 Å². The second-order valence-electron chi connectivity index (χ2n) is 3.73. The molecule has 0 spiro atoms. The molecule has 0 aliphatic rings. The zero-order valence-electron chi connectivity index (χ0n) is 9.93. The molecular formula is C12H12N2O4. The van der Waals surface area contributed by atoms with Gasteiger partial charge in [-0.1, -0.05) is 0 Å². The molecule has 94 valence electrons. The van der Waals surface area contributed by atoms with Crippen LogP contribution in [-0.4, -0.2) is 27.7 Å². The number of H-pyrrole nitrogens is 1. The molecule has 2 N–H and O–H groups in total. The molecule has 0 saturated heterocycles. The smallest absolute Gasteiger partial charge is 0.354 e. The number of methoxy groups -OCH3 is 1. The molecule has 1 aromatic carbocycles. The first-order valence-corrected chi connectivity index (χ1v) is 5.24. The molecular weight excluding hydrogens is 236 g/mol. The van der Waals surface area contributed by atoms with Gasteiger partial charge in [-0.3, -0.25) is 9.55 Å². The van der Waals surface area contributed by atoms with E-state index in [0.717, 1.165) is 0 Å². The number of carboxylic acid groups (broad SMARTS) is 1. The largest absolute Gasteiger partial charge is 0.497 e. The van der Waals surface area contributed by atoms with Gasteiger partial charge < -0.3 is 9.84 Å². The fraction of sp³-hybridized carbons (Fsp3) is 0.167. The average molecular weight is 248 g/mol. The summed E-state index contributed by atoms with van der Waals surface area (Å²) < 4.78 is 6.33. The Bertz CT molecular complexity index is 637. The lowest BCUT2D eigenvalue weighted by Gasteiger charge is -2.05. The summed E-state index contributed by atoms with van der Waals surface area (Å²) in [7, 11) is 1.55. The molecule has 0 fully saturated rings. The number of rotatable bonds is 3. The summed E-state index contributed by atoms with van der Waals surface area (Å²) in [5.41, 5.74) is 0.366. The third-order valence-corrected chi connectivity index (χ3v) is 2.68. The van der Waals surface area contributed by atoms with Crippen LogP contribution in [0.5, 0.6) is 5.75 Å². The number of aromatic carboxylic acids is 1. The van der Waals surface area contributed by atoms with Gasteiger partial charge in [-0.15, -0.1) is 0 Å². The van der Waals surface area contributed by atoms with E-state index in [-0.39, 0.29) is 5.69 Å². The van der Waals surface area contributed by atoms with Crippen LogP contribution in [0.15, 0.2) is 29.1 Å². The van der Waals surface area contributed by atoms with Gasteiger partial charge in [0.05, 0.1) is 18.5 Å². The van der Waals surface area contributed by atoms with Crippen molar-refractivity contribution in [2.45, 2.75) is 6.92 Å². The Hall–Kier alpha value is -2.50. The van der Waals surface area contributed by atoms with E-state index in [2.05, 4.69) is 4.98 Å². The summed E-state index contributed by atoms with van der Waals surface area (Å²) in [6.45, 7) is 1.57.